The molecule has 158 valence electrons. The second-order valence-corrected chi connectivity index (χ2v) is 10.3. The molecule has 4 bridgehead atoms. The van der Waals surface area contributed by atoms with E-state index in [-0.39, 0.29) is 0 Å². The number of hydrogen-bond donors (Lipinski definition) is 3. The van der Waals surface area contributed by atoms with Crippen molar-refractivity contribution in [3.8, 4) is 0 Å². The molecule has 7 rings (SSSR count). The Morgan fingerprint density at radius 3 is 1.36 bits per heavy atom. The largest absolute Gasteiger partial charge is 0.346 e. The third kappa shape index (κ3) is 6.65. The summed E-state index contributed by atoms with van der Waals surface area (Å²) in [6.45, 7) is 8.36. The molecule has 0 aromatic heterocycles. The first-order valence-corrected chi connectivity index (χ1v) is 12.4. The maximum Gasteiger partial charge on any atom is 0.346 e. The zero-order valence-corrected chi connectivity index (χ0v) is 17.7. The van der Waals surface area contributed by atoms with E-state index < -0.39 is 13.4 Å². The molecule has 6 heterocycles. The van der Waals surface area contributed by atoms with E-state index in [1.807, 2.05) is 0 Å². The molecule has 6 nitrogen and oxygen atoms in total. The van der Waals surface area contributed by atoms with Crippen LogP contribution in [0, 0.1) is 11.8 Å². The molecular weight excluding hydrogens is 373 g/mol. The van der Waals surface area contributed by atoms with Gasteiger partial charge in [-0.2, -0.15) is 0 Å². The van der Waals surface area contributed by atoms with Crippen LogP contribution in [0.4, 0.5) is 0 Å². The molecule has 0 radical (unpaired) electrons. The highest BCUT2D eigenvalue weighted by Gasteiger charge is 2.26. The van der Waals surface area contributed by atoms with E-state index in [0.717, 1.165) is 11.8 Å². The van der Waals surface area contributed by atoms with Crippen LogP contribution in [0.2, 0.25) is 0 Å². The molecule has 28 heavy (non-hydrogen) atoms. The average Bonchev–Trinajstić information content (AvgIpc) is 2.77. The third-order valence-corrected chi connectivity index (χ3v) is 7.65. The van der Waals surface area contributed by atoms with Gasteiger partial charge in [0.05, 0.1) is 0 Å². The van der Waals surface area contributed by atoms with Crippen molar-refractivity contribution in [3.63, 3.8) is 0 Å². The topological polar surface area (TPSA) is 90.0 Å². The van der Waals surface area contributed by atoms with Crippen LogP contribution in [0.1, 0.15) is 49.9 Å². The Morgan fingerprint density at radius 2 is 1.14 bits per heavy atom. The minimum atomic E-state index is -4.20. The molecule has 6 fully saturated rings. The average molecular weight is 410 g/mol. The van der Waals surface area contributed by atoms with Crippen LogP contribution >= 0.6 is 7.60 Å². The van der Waals surface area contributed by atoms with Gasteiger partial charge < -0.3 is 25.3 Å². The summed E-state index contributed by atoms with van der Waals surface area (Å²) >= 11 is 0. The summed E-state index contributed by atoms with van der Waals surface area (Å²) in [5.41, 5.74) is 5.76. The molecule has 0 amide bonds. The quantitative estimate of drug-likeness (QED) is 0.651. The number of hydrogen-bond acceptors (Lipinski definition) is 4. The summed E-state index contributed by atoms with van der Waals surface area (Å²) in [5.74, 6) is 1.01. The molecule has 0 spiro atoms. The van der Waals surface area contributed by atoms with Gasteiger partial charge in [0.2, 0.25) is 0 Å². The lowest BCUT2D eigenvalue weighted by Gasteiger charge is -2.38. The van der Waals surface area contributed by atoms with E-state index in [9.17, 15) is 4.57 Å². The smallest absolute Gasteiger partial charge is 0.323 e. The van der Waals surface area contributed by atoms with Gasteiger partial charge in [-0.15, -0.1) is 0 Å². The zero-order chi connectivity index (χ0) is 20.0. The molecule has 6 aliphatic rings. The number of nitrogens with zero attached hydrogens (tertiary/aromatic N) is 2. The van der Waals surface area contributed by atoms with Crippen molar-refractivity contribution >= 4 is 7.60 Å². The van der Waals surface area contributed by atoms with E-state index in [2.05, 4.69) is 9.80 Å². The third-order valence-electron chi connectivity index (χ3n) is 6.62. The first-order chi connectivity index (χ1) is 13.4. The van der Waals surface area contributed by atoms with Gasteiger partial charge in [-0.25, -0.2) is 0 Å². The van der Waals surface area contributed by atoms with Crippen LogP contribution in [0.15, 0.2) is 30.3 Å². The number of rotatable bonds is 2. The monoisotopic (exact) mass is 409 g/mol. The summed E-state index contributed by atoms with van der Waals surface area (Å²) < 4.78 is 10.7. The first-order valence-electron chi connectivity index (χ1n) is 10.7. The van der Waals surface area contributed by atoms with Crippen molar-refractivity contribution in [1.29, 1.82) is 0 Å². The van der Waals surface area contributed by atoms with Crippen LogP contribution in [-0.4, -0.2) is 58.9 Å². The molecular formula is C21H36N3O3P. The van der Waals surface area contributed by atoms with Gasteiger partial charge in [0.25, 0.3) is 0 Å². The summed E-state index contributed by atoms with van der Waals surface area (Å²) in [5, 5.41) is 0. The Balaban J connectivity index is 0.000000124. The SMILES string of the molecule is C1CN2CCC1CC2.C1CN2CCC1CC2.NC(c1ccccc1)P(=O)(O)O. The second-order valence-electron chi connectivity index (χ2n) is 8.59. The molecule has 7 heteroatoms. The number of benzene rings is 1. The van der Waals surface area contributed by atoms with Crippen molar-refractivity contribution < 1.29 is 14.4 Å². The Morgan fingerprint density at radius 1 is 0.786 bits per heavy atom. The lowest BCUT2D eigenvalue weighted by atomic mass is 9.89. The fourth-order valence-corrected chi connectivity index (χ4v) is 5.13. The van der Waals surface area contributed by atoms with Gasteiger partial charge in [0.15, 0.2) is 0 Å². The molecule has 1 aromatic rings. The predicted molar refractivity (Wildman–Crippen MR) is 113 cm³/mol. The van der Waals surface area contributed by atoms with Crippen LogP contribution in [0.25, 0.3) is 0 Å². The number of fused-ring (bicyclic) bond motifs is 6. The van der Waals surface area contributed by atoms with E-state index in [0.29, 0.717) is 5.56 Å². The molecule has 0 aliphatic carbocycles. The zero-order valence-electron chi connectivity index (χ0n) is 16.8. The maximum atomic E-state index is 10.7. The first kappa shape index (κ1) is 21.9. The Hall–Kier alpha value is -0.750. The van der Waals surface area contributed by atoms with Gasteiger partial charge in [-0.1, -0.05) is 30.3 Å². The Bertz CT molecular complexity index is 553. The number of nitrogens with two attached hydrogens (primary N) is 1. The van der Waals surface area contributed by atoms with Crippen LogP contribution < -0.4 is 5.73 Å². The summed E-state index contributed by atoms with van der Waals surface area (Å²) in [7, 11) is -4.20. The Labute approximate surface area is 169 Å². The highest BCUT2D eigenvalue weighted by Crippen LogP contribution is 2.47. The van der Waals surface area contributed by atoms with Crippen LogP contribution in [-0.2, 0) is 4.57 Å². The summed E-state index contributed by atoms with van der Waals surface area (Å²) in [6.07, 6.45) is 8.92. The van der Waals surface area contributed by atoms with Gasteiger partial charge >= 0.3 is 7.60 Å². The van der Waals surface area contributed by atoms with Gasteiger partial charge in [0.1, 0.15) is 5.78 Å². The lowest BCUT2D eigenvalue weighted by molar-refractivity contribution is 0.111. The van der Waals surface area contributed by atoms with Crippen molar-refractivity contribution in [2.24, 2.45) is 17.6 Å². The van der Waals surface area contributed by atoms with Gasteiger partial charge in [-0.05, 0) is 95.2 Å². The van der Waals surface area contributed by atoms with E-state index in [4.69, 9.17) is 15.5 Å². The van der Waals surface area contributed by atoms with Crippen molar-refractivity contribution in [2.75, 3.05) is 39.3 Å². The molecule has 1 atom stereocenters. The molecule has 4 N–H and O–H groups in total. The molecule has 0 saturated carbocycles. The van der Waals surface area contributed by atoms with Crippen molar-refractivity contribution in [2.45, 2.75) is 44.3 Å². The van der Waals surface area contributed by atoms with E-state index in [1.54, 1.807) is 30.3 Å². The van der Waals surface area contributed by atoms with Crippen LogP contribution in [0.5, 0.6) is 0 Å². The summed E-state index contributed by atoms with van der Waals surface area (Å²) in [4.78, 5) is 22.6. The second kappa shape index (κ2) is 10.3. The van der Waals surface area contributed by atoms with Crippen LogP contribution in [0.3, 0.4) is 0 Å². The lowest BCUT2D eigenvalue weighted by Crippen LogP contribution is -2.41. The van der Waals surface area contributed by atoms with Gasteiger partial charge in [0, 0.05) is 0 Å². The molecule has 6 saturated heterocycles. The fourth-order valence-electron chi connectivity index (χ4n) is 4.57. The van der Waals surface area contributed by atoms with E-state index >= 15 is 0 Å². The number of piperidine rings is 6. The molecule has 1 aromatic carbocycles. The molecule has 1 unspecified atom stereocenters. The Kier molecular flexibility index (Phi) is 8.10. The van der Waals surface area contributed by atoms with E-state index in [1.165, 1.54) is 77.8 Å². The minimum Gasteiger partial charge on any atom is -0.323 e. The minimum absolute atomic E-state index is 0.450. The standard InChI is InChI=1S/C7H10NO3P.2C7H13N/c8-7(12(9,10)11)6-4-2-1-3-5-6;2*1-4-8-5-2-7(1)3-6-8/h1-5,7H,8H2,(H2,9,10,11);2*7H,1-6H2. The highest BCUT2D eigenvalue weighted by atomic mass is 31.2. The van der Waals surface area contributed by atoms with Gasteiger partial charge in [-0.3, -0.25) is 4.57 Å². The van der Waals surface area contributed by atoms with Crippen molar-refractivity contribution in [3.05, 3.63) is 35.9 Å². The highest BCUT2D eigenvalue weighted by molar-refractivity contribution is 7.52. The predicted octanol–water partition coefficient (Wildman–Crippen LogP) is 3.03. The summed E-state index contributed by atoms with van der Waals surface area (Å²) in [6, 6.07) is 8.30. The molecule has 6 aliphatic heterocycles. The maximum absolute atomic E-state index is 10.7. The van der Waals surface area contributed by atoms with Crippen molar-refractivity contribution in [1.82, 2.24) is 9.80 Å². The normalized spacial score (nSPS) is 31.8. The fraction of sp³-hybridized carbons (Fsp3) is 0.714.